The van der Waals surface area contributed by atoms with Crippen LogP contribution in [0.25, 0.3) is 82.1 Å². The molecule has 0 spiro atoms. The van der Waals surface area contributed by atoms with Crippen molar-refractivity contribution in [2.75, 3.05) is 0 Å². The Morgan fingerprint density at radius 2 is 1.18 bits per heavy atom. The summed E-state index contributed by atoms with van der Waals surface area (Å²) in [4.78, 5) is 3.72. The third-order valence-electron chi connectivity index (χ3n) is 9.60. The lowest BCUT2D eigenvalue weighted by Crippen LogP contribution is -2.01. The number of hydrogen-bond acceptors (Lipinski definition) is 2. The quantitative estimate of drug-likeness (QED) is 0.181. The van der Waals surface area contributed by atoms with E-state index in [1.54, 1.807) is 0 Å². The summed E-state index contributed by atoms with van der Waals surface area (Å²) in [5.74, 6) is 0. The third-order valence-corrected chi connectivity index (χ3v) is 9.60. The van der Waals surface area contributed by atoms with Crippen LogP contribution in [0.15, 0.2) is 152 Å². The van der Waals surface area contributed by atoms with Gasteiger partial charge in [-0.3, -0.25) is 0 Å². The molecule has 2 aromatic heterocycles. The van der Waals surface area contributed by atoms with Gasteiger partial charge < -0.3 is 9.13 Å². The normalized spacial score (nSPS) is 11.1. The second-order valence-electron chi connectivity index (χ2n) is 12.3. The fourth-order valence-corrected chi connectivity index (χ4v) is 7.48. The number of aromatic nitrogens is 2. The smallest absolute Gasteiger partial charge is 0.189 e. The van der Waals surface area contributed by atoms with E-state index < -0.39 is 0 Å². The van der Waals surface area contributed by atoms with Crippen molar-refractivity contribution in [1.29, 1.82) is 10.5 Å². The molecule has 50 heavy (non-hydrogen) atoms. The van der Waals surface area contributed by atoms with Crippen molar-refractivity contribution in [3.63, 3.8) is 0 Å². The van der Waals surface area contributed by atoms with Crippen LogP contribution in [-0.2, 0) is 0 Å². The lowest BCUT2D eigenvalue weighted by Gasteiger charge is -2.19. The minimum Gasteiger partial charge on any atom is -0.310 e. The second kappa shape index (κ2) is 11.4. The Morgan fingerprint density at radius 3 is 1.92 bits per heavy atom. The van der Waals surface area contributed by atoms with Crippen LogP contribution in [0.5, 0.6) is 0 Å². The van der Waals surface area contributed by atoms with Gasteiger partial charge in [0, 0.05) is 38.3 Å². The van der Waals surface area contributed by atoms with E-state index in [0.29, 0.717) is 16.8 Å². The highest BCUT2D eigenvalue weighted by atomic mass is 15.0. The molecule has 0 unspecified atom stereocenters. The minimum absolute atomic E-state index is 0.516. The van der Waals surface area contributed by atoms with Crippen LogP contribution in [0.1, 0.15) is 11.1 Å². The van der Waals surface area contributed by atoms with Gasteiger partial charge in [0.1, 0.15) is 0 Å². The zero-order chi connectivity index (χ0) is 33.8. The topological polar surface area (TPSA) is 61.8 Å². The van der Waals surface area contributed by atoms with Gasteiger partial charge >= 0.3 is 0 Å². The average molecular weight is 636 g/mol. The summed E-state index contributed by atoms with van der Waals surface area (Å²) in [6.07, 6.45) is 0. The number of rotatable bonds is 4. The van der Waals surface area contributed by atoms with E-state index in [-0.39, 0.29) is 0 Å². The van der Waals surface area contributed by atoms with Crippen LogP contribution >= 0.6 is 0 Å². The molecule has 0 radical (unpaired) electrons. The van der Waals surface area contributed by atoms with Gasteiger partial charge in [0.25, 0.3) is 0 Å². The van der Waals surface area contributed by atoms with E-state index in [2.05, 4.69) is 111 Å². The molecule has 0 amide bonds. The molecule has 5 nitrogen and oxygen atoms in total. The van der Waals surface area contributed by atoms with Gasteiger partial charge in [-0.2, -0.15) is 10.5 Å². The number of para-hydroxylation sites is 2. The molecule has 0 saturated heterocycles. The van der Waals surface area contributed by atoms with E-state index in [4.69, 9.17) is 6.57 Å². The van der Waals surface area contributed by atoms with Gasteiger partial charge in [0.2, 0.25) is 0 Å². The largest absolute Gasteiger partial charge is 0.310 e. The van der Waals surface area contributed by atoms with Crippen molar-refractivity contribution in [2.45, 2.75) is 0 Å². The lowest BCUT2D eigenvalue weighted by molar-refractivity contribution is 1.18. The van der Waals surface area contributed by atoms with Gasteiger partial charge in [-0.1, -0.05) is 91.0 Å². The fourth-order valence-electron chi connectivity index (χ4n) is 7.48. The Morgan fingerprint density at radius 1 is 0.500 bits per heavy atom. The molecule has 0 aliphatic rings. The molecule has 0 saturated carbocycles. The summed E-state index contributed by atoms with van der Waals surface area (Å²) in [7, 11) is 0. The highest BCUT2D eigenvalue weighted by Gasteiger charge is 2.21. The molecular weight excluding hydrogens is 611 g/mol. The highest BCUT2D eigenvalue weighted by Crippen LogP contribution is 2.42. The van der Waals surface area contributed by atoms with Crippen LogP contribution in [0.4, 0.5) is 5.69 Å². The first-order valence-corrected chi connectivity index (χ1v) is 16.3. The summed E-state index contributed by atoms with van der Waals surface area (Å²) < 4.78 is 4.44. The maximum Gasteiger partial charge on any atom is 0.189 e. The fraction of sp³-hybridized carbons (Fsp3) is 0. The zero-order valence-corrected chi connectivity index (χ0v) is 26.7. The van der Waals surface area contributed by atoms with Gasteiger partial charge in [0.15, 0.2) is 5.69 Å². The molecule has 0 fully saturated rings. The Hall–Kier alpha value is -7.39. The van der Waals surface area contributed by atoms with Crippen molar-refractivity contribution in [2.24, 2.45) is 0 Å². The van der Waals surface area contributed by atoms with E-state index in [1.807, 2.05) is 66.7 Å². The maximum atomic E-state index is 10.6. The molecule has 9 rings (SSSR count). The van der Waals surface area contributed by atoms with E-state index >= 15 is 0 Å². The van der Waals surface area contributed by atoms with Gasteiger partial charge in [-0.15, -0.1) is 0 Å². The van der Waals surface area contributed by atoms with Crippen molar-refractivity contribution in [1.82, 2.24) is 9.13 Å². The number of fused-ring (bicyclic) bond motifs is 6. The molecular formula is C45H25N5. The maximum absolute atomic E-state index is 10.6. The predicted octanol–water partition coefficient (Wildman–Crippen LogP) is 11.5. The molecule has 0 bridgehead atoms. The first kappa shape index (κ1) is 28.8. The monoisotopic (exact) mass is 635 g/mol. The van der Waals surface area contributed by atoms with Crippen molar-refractivity contribution < 1.29 is 0 Å². The Labute approximate surface area is 288 Å². The predicted molar refractivity (Wildman–Crippen MR) is 202 cm³/mol. The number of nitrogens with zero attached hydrogens (tertiary/aromatic N) is 5. The van der Waals surface area contributed by atoms with Gasteiger partial charge in [0.05, 0.1) is 52.1 Å². The second-order valence-corrected chi connectivity index (χ2v) is 12.3. The summed E-state index contributed by atoms with van der Waals surface area (Å²) in [5.41, 5.74) is 11.2. The molecule has 2 heterocycles. The summed E-state index contributed by atoms with van der Waals surface area (Å²) in [6.45, 7) is 7.74. The number of nitriles is 2. The van der Waals surface area contributed by atoms with E-state index in [1.165, 1.54) is 10.8 Å². The molecule has 9 aromatic rings. The Bertz CT molecular complexity index is 2920. The van der Waals surface area contributed by atoms with Crippen LogP contribution < -0.4 is 0 Å². The average Bonchev–Trinajstić information content (AvgIpc) is 3.69. The molecule has 230 valence electrons. The lowest BCUT2D eigenvalue weighted by atomic mass is 9.90. The molecule has 5 heteroatoms. The van der Waals surface area contributed by atoms with Crippen LogP contribution in [0.3, 0.4) is 0 Å². The zero-order valence-electron chi connectivity index (χ0n) is 26.7. The molecule has 0 aliphatic heterocycles. The Balaban J connectivity index is 1.31. The molecule has 0 atom stereocenters. The summed E-state index contributed by atoms with van der Waals surface area (Å²) >= 11 is 0. The SMILES string of the molecule is [C-]#[N+]c1ccc2c3cc(C#N)ccc3n(-c3cccc(C#N)c3-c3ccccc3-c3cccc(-n4c5ccccc5c5ccccc54)c3)c2c1. The van der Waals surface area contributed by atoms with Crippen LogP contribution in [0, 0.1) is 29.2 Å². The van der Waals surface area contributed by atoms with E-state index in [9.17, 15) is 10.5 Å². The van der Waals surface area contributed by atoms with Crippen LogP contribution in [-0.4, -0.2) is 9.13 Å². The highest BCUT2D eigenvalue weighted by molar-refractivity contribution is 6.12. The van der Waals surface area contributed by atoms with Crippen molar-refractivity contribution in [3.8, 4) is 45.8 Å². The first-order valence-electron chi connectivity index (χ1n) is 16.3. The summed E-state index contributed by atoms with van der Waals surface area (Å²) in [5, 5.41) is 24.6. The molecule has 0 N–H and O–H groups in total. The molecule has 0 aliphatic carbocycles. The Kier molecular flexibility index (Phi) is 6.56. The third kappa shape index (κ3) is 4.31. The minimum atomic E-state index is 0.516. The van der Waals surface area contributed by atoms with E-state index in [0.717, 1.165) is 66.5 Å². The molecule has 7 aromatic carbocycles. The van der Waals surface area contributed by atoms with Gasteiger partial charge in [-0.25, -0.2) is 4.85 Å². The standard InChI is InChI=1S/C45H25N5/c1-48-32-21-22-37-39-24-29(27-46)20-23-42(39)50(44(37)26-32)43-19-9-11-31(28-47)45(43)38-16-3-2-13-34(38)30-10-8-12-33(25-30)49-40-17-6-4-14-35(40)36-15-5-7-18-41(36)49/h2-26H. The van der Waals surface area contributed by atoms with Crippen molar-refractivity contribution in [3.05, 3.63) is 174 Å². The number of hydrogen-bond donors (Lipinski definition) is 0. The van der Waals surface area contributed by atoms with Gasteiger partial charge in [-0.05, 0) is 77.4 Å². The van der Waals surface area contributed by atoms with Crippen molar-refractivity contribution >= 4 is 49.3 Å². The number of benzene rings is 7. The first-order chi connectivity index (χ1) is 24.7. The summed E-state index contributed by atoms with van der Waals surface area (Å²) in [6, 6.07) is 55.6. The van der Waals surface area contributed by atoms with Crippen LogP contribution in [0.2, 0.25) is 0 Å².